The third-order valence-corrected chi connectivity index (χ3v) is 3.36. The maximum Gasteiger partial charge on any atom is 0.310 e. The number of carbonyl (C=O) groups is 3. The smallest absolute Gasteiger partial charge is 0.310 e. The molecule has 0 atom stereocenters. The zero-order valence-corrected chi connectivity index (χ0v) is 14.6. The number of benzene rings is 2. The highest BCUT2D eigenvalue weighted by Gasteiger charge is 2.09. The lowest BCUT2D eigenvalue weighted by atomic mass is 10.1. The Hall–Kier alpha value is -3.35. The van der Waals surface area contributed by atoms with Crippen molar-refractivity contribution in [3.63, 3.8) is 0 Å². The maximum atomic E-state index is 11.8. The largest absolute Gasteiger partial charge is 0.497 e. The summed E-state index contributed by atoms with van der Waals surface area (Å²) >= 11 is 0. The monoisotopic (exact) mass is 356 g/mol. The molecule has 0 heterocycles. The van der Waals surface area contributed by atoms with Crippen LogP contribution in [-0.2, 0) is 25.5 Å². The normalized spacial score (nSPS) is 9.92. The Labute approximate surface area is 151 Å². The van der Waals surface area contributed by atoms with Crippen molar-refractivity contribution in [1.82, 2.24) is 0 Å². The Morgan fingerprint density at radius 3 is 2.04 bits per heavy atom. The first-order valence-electron chi connectivity index (χ1n) is 7.92. The second-order valence-corrected chi connectivity index (χ2v) is 5.49. The highest BCUT2D eigenvalue weighted by atomic mass is 16.5. The minimum absolute atomic E-state index is 0.0379. The van der Waals surface area contributed by atoms with E-state index in [2.05, 4.69) is 10.6 Å². The average Bonchev–Trinajstić information content (AvgIpc) is 2.62. The van der Waals surface area contributed by atoms with Gasteiger partial charge < -0.3 is 20.1 Å². The molecule has 0 unspecified atom stereocenters. The van der Waals surface area contributed by atoms with Gasteiger partial charge in [0.2, 0.25) is 5.91 Å². The molecule has 0 aromatic heterocycles. The molecule has 2 N–H and O–H groups in total. The third-order valence-electron chi connectivity index (χ3n) is 3.36. The van der Waals surface area contributed by atoms with Crippen molar-refractivity contribution in [3.05, 3.63) is 54.1 Å². The zero-order chi connectivity index (χ0) is 18.9. The minimum Gasteiger partial charge on any atom is -0.497 e. The molecule has 0 fully saturated rings. The van der Waals surface area contributed by atoms with Crippen molar-refractivity contribution in [2.75, 3.05) is 24.4 Å². The topological polar surface area (TPSA) is 93.7 Å². The second-order valence-electron chi connectivity index (χ2n) is 5.49. The number of nitrogens with one attached hydrogen (secondary N) is 2. The van der Waals surface area contributed by atoms with E-state index in [0.29, 0.717) is 17.1 Å². The van der Waals surface area contributed by atoms with Crippen LogP contribution in [0.2, 0.25) is 0 Å². The zero-order valence-electron chi connectivity index (χ0n) is 14.6. The van der Waals surface area contributed by atoms with Gasteiger partial charge in [0.25, 0.3) is 5.91 Å². The molecular weight excluding hydrogens is 336 g/mol. The van der Waals surface area contributed by atoms with Crippen LogP contribution in [0.25, 0.3) is 0 Å². The van der Waals surface area contributed by atoms with Gasteiger partial charge in [0.15, 0.2) is 6.61 Å². The SMILES string of the molecule is COc1ccc(NC(=O)COC(=O)Cc2ccc(NC(C)=O)cc2)cc1. The summed E-state index contributed by atoms with van der Waals surface area (Å²) in [4.78, 5) is 34.6. The van der Waals surface area contributed by atoms with E-state index >= 15 is 0 Å². The van der Waals surface area contributed by atoms with Crippen molar-refractivity contribution in [1.29, 1.82) is 0 Å². The Morgan fingerprint density at radius 1 is 0.885 bits per heavy atom. The molecule has 0 spiro atoms. The first kappa shape index (κ1) is 19.0. The highest BCUT2D eigenvalue weighted by molar-refractivity contribution is 5.93. The summed E-state index contributed by atoms with van der Waals surface area (Å²) in [6.45, 7) is 1.05. The lowest BCUT2D eigenvalue weighted by molar-refractivity contribution is -0.146. The molecule has 136 valence electrons. The molecule has 0 bridgehead atoms. The van der Waals surface area contributed by atoms with Gasteiger partial charge in [-0.1, -0.05) is 12.1 Å². The van der Waals surface area contributed by atoms with Crippen LogP contribution >= 0.6 is 0 Å². The van der Waals surface area contributed by atoms with Crippen LogP contribution in [0.15, 0.2) is 48.5 Å². The molecule has 0 aliphatic rings. The van der Waals surface area contributed by atoms with Gasteiger partial charge in [0.1, 0.15) is 5.75 Å². The van der Waals surface area contributed by atoms with E-state index in [4.69, 9.17) is 9.47 Å². The fourth-order valence-electron chi connectivity index (χ4n) is 2.14. The highest BCUT2D eigenvalue weighted by Crippen LogP contribution is 2.15. The van der Waals surface area contributed by atoms with Crippen LogP contribution in [0, 0.1) is 0 Å². The van der Waals surface area contributed by atoms with Crippen molar-refractivity contribution in [2.24, 2.45) is 0 Å². The molecule has 7 nitrogen and oxygen atoms in total. The number of esters is 1. The van der Waals surface area contributed by atoms with E-state index < -0.39 is 11.9 Å². The number of amides is 2. The summed E-state index contributed by atoms with van der Waals surface area (Å²) in [5.74, 6) is -0.425. The van der Waals surface area contributed by atoms with E-state index in [1.807, 2.05) is 0 Å². The predicted molar refractivity (Wildman–Crippen MR) is 97.0 cm³/mol. The lowest BCUT2D eigenvalue weighted by Gasteiger charge is -2.08. The Balaban J connectivity index is 1.76. The number of rotatable bonds is 7. The fraction of sp³-hybridized carbons (Fsp3) is 0.211. The molecule has 0 radical (unpaired) electrons. The number of hydrogen-bond donors (Lipinski definition) is 2. The van der Waals surface area contributed by atoms with Gasteiger partial charge >= 0.3 is 5.97 Å². The molecule has 26 heavy (non-hydrogen) atoms. The van der Waals surface area contributed by atoms with Gasteiger partial charge in [-0.05, 0) is 42.0 Å². The molecule has 2 rings (SSSR count). The molecule has 0 aliphatic heterocycles. The van der Waals surface area contributed by atoms with Crippen LogP contribution in [0.4, 0.5) is 11.4 Å². The van der Waals surface area contributed by atoms with Crippen LogP contribution in [0.5, 0.6) is 5.75 Å². The number of methoxy groups -OCH3 is 1. The minimum atomic E-state index is -0.512. The first-order valence-corrected chi connectivity index (χ1v) is 7.92. The van der Waals surface area contributed by atoms with Crippen LogP contribution in [0.3, 0.4) is 0 Å². The summed E-state index contributed by atoms with van der Waals surface area (Å²) in [5.41, 5.74) is 1.95. The quantitative estimate of drug-likeness (QED) is 0.743. The number of hydrogen-bond acceptors (Lipinski definition) is 5. The van der Waals surface area contributed by atoms with Gasteiger partial charge in [-0.2, -0.15) is 0 Å². The van der Waals surface area contributed by atoms with Gasteiger partial charge in [-0.15, -0.1) is 0 Å². The number of carbonyl (C=O) groups excluding carboxylic acids is 3. The molecule has 2 amide bonds. The van der Waals surface area contributed by atoms with Crippen molar-refractivity contribution < 1.29 is 23.9 Å². The van der Waals surface area contributed by atoms with Crippen LogP contribution < -0.4 is 15.4 Å². The summed E-state index contributed by atoms with van der Waals surface area (Å²) in [6, 6.07) is 13.6. The van der Waals surface area contributed by atoms with Crippen LogP contribution in [0.1, 0.15) is 12.5 Å². The Kier molecular flexibility index (Phi) is 6.73. The summed E-state index contributed by atoms with van der Waals surface area (Å²) in [6.07, 6.45) is 0.0379. The summed E-state index contributed by atoms with van der Waals surface area (Å²) in [7, 11) is 1.56. The van der Waals surface area contributed by atoms with E-state index in [-0.39, 0.29) is 18.9 Å². The summed E-state index contributed by atoms with van der Waals surface area (Å²) < 4.78 is 10.0. The molecule has 0 saturated heterocycles. The maximum absolute atomic E-state index is 11.8. The van der Waals surface area contributed by atoms with E-state index in [0.717, 1.165) is 5.56 Å². The van der Waals surface area contributed by atoms with Crippen molar-refractivity contribution in [2.45, 2.75) is 13.3 Å². The molecule has 0 saturated carbocycles. The van der Waals surface area contributed by atoms with Crippen molar-refractivity contribution >= 4 is 29.2 Å². The molecule has 0 aliphatic carbocycles. The third kappa shape index (κ3) is 6.27. The predicted octanol–water partition coefficient (Wildman–Crippen LogP) is 2.38. The lowest BCUT2D eigenvalue weighted by Crippen LogP contribution is -2.21. The Morgan fingerprint density at radius 2 is 1.46 bits per heavy atom. The number of ether oxygens (including phenoxy) is 2. The van der Waals surface area contributed by atoms with E-state index in [9.17, 15) is 14.4 Å². The van der Waals surface area contributed by atoms with Gasteiger partial charge in [-0.3, -0.25) is 14.4 Å². The van der Waals surface area contributed by atoms with Gasteiger partial charge in [0.05, 0.1) is 13.5 Å². The first-order chi connectivity index (χ1) is 12.5. The van der Waals surface area contributed by atoms with Gasteiger partial charge in [-0.25, -0.2) is 0 Å². The van der Waals surface area contributed by atoms with Crippen LogP contribution in [-0.4, -0.2) is 31.5 Å². The molecular formula is C19H20N2O5. The summed E-state index contributed by atoms with van der Waals surface area (Å²) in [5, 5.41) is 5.27. The van der Waals surface area contributed by atoms with E-state index in [1.165, 1.54) is 6.92 Å². The Bertz CT molecular complexity index is 770. The number of anilines is 2. The van der Waals surface area contributed by atoms with E-state index in [1.54, 1.807) is 55.6 Å². The fourth-order valence-corrected chi connectivity index (χ4v) is 2.14. The molecule has 2 aromatic rings. The van der Waals surface area contributed by atoms with Gasteiger partial charge in [0, 0.05) is 18.3 Å². The van der Waals surface area contributed by atoms with Crippen molar-refractivity contribution in [3.8, 4) is 5.75 Å². The molecule has 2 aromatic carbocycles. The average molecular weight is 356 g/mol. The molecule has 7 heteroatoms. The second kappa shape index (κ2) is 9.22. The standard InChI is InChI=1S/C19H20N2O5/c1-13(22)20-15-5-3-14(4-6-15)11-19(24)26-12-18(23)21-16-7-9-17(25-2)10-8-16/h3-10H,11-12H2,1-2H3,(H,20,22)(H,21,23).